The van der Waals surface area contributed by atoms with Crippen molar-refractivity contribution in [1.82, 2.24) is 5.32 Å². The monoisotopic (exact) mass is 635 g/mol. The van der Waals surface area contributed by atoms with E-state index >= 15 is 0 Å². The lowest BCUT2D eigenvalue weighted by atomic mass is 9.43. The standard InChI is InChI=1S/C41H68NO2Si/c1-30(2)45(39(4,5)6)44-37-27-28-41(9)35-25-23-31(3)33(34(35)24-26-36(41)40(37,7)8)21-17-22-38(43)42-29-16-11-10-13-18-32-19-14-12-15-20-32/h12,14-15,19-20,30,34-37H,10-11,13,16-18,21-29H2,1-9H3,(H,42,43)/t34?,35-,36?,37-,41+/m0/s1. The number of hydrogen-bond donors (Lipinski definition) is 1. The zero-order chi connectivity index (χ0) is 32.8. The molecule has 1 N–H and O–H groups in total. The molecule has 3 aliphatic rings. The first-order valence-corrected chi connectivity index (χ1v) is 20.3. The summed E-state index contributed by atoms with van der Waals surface area (Å²) in [6.07, 6.45) is 16.9. The van der Waals surface area contributed by atoms with Gasteiger partial charge in [-0.25, -0.2) is 0 Å². The average Bonchev–Trinajstić information content (AvgIpc) is 2.96. The predicted octanol–water partition coefficient (Wildman–Crippen LogP) is 11.2. The second kappa shape index (κ2) is 15.7. The summed E-state index contributed by atoms with van der Waals surface area (Å²) in [4.78, 5) is 12.7. The van der Waals surface area contributed by atoms with Gasteiger partial charge < -0.3 is 9.74 Å². The van der Waals surface area contributed by atoms with Crippen LogP contribution in [0.2, 0.25) is 10.6 Å². The van der Waals surface area contributed by atoms with E-state index in [0.29, 0.717) is 23.5 Å². The van der Waals surface area contributed by atoms with Gasteiger partial charge in [0.25, 0.3) is 0 Å². The molecule has 1 amide bonds. The normalized spacial score (nSPS) is 28.2. The highest BCUT2D eigenvalue weighted by atomic mass is 28.3. The number of hydrogen-bond acceptors (Lipinski definition) is 2. The summed E-state index contributed by atoms with van der Waals surface area (Å²) in [5, 5.41) is 3.47. The van der Waals surface area contributed by atoms with E-state index in [1.54, 1.807) is 11.1 Å². The first kappa shape index (κ1) is 36.4. The molecule has 0 heterocycles. The Morgan fingerprint density at radius 3 is 2.36 bits per heavy atom. The molecule has 4 rings (SSSR count). The van der Waals surface area contributed by atoms with Crippen LogP contribution in [0.4, 0.5) is 0 Å². The largest absolute Gasteiger partial charge is 0.412 e. The lowest BCUT2D eigenvalue weighted by Gasteiger charge is -2.63. The summed E-state index contributed by atoms with van der Waals surface area (Å²) in [7, 11) is -0.920. The molecule has 2 saturated carbocycles. The maximum Gasteiger partial charge on any atom is 0.220 e. The third-order valence-corrected chi connectivity index (χ3v) is 15.4. The second-order valence-electron chi connectivity index (χ2n) is 17.3. The van der Waals surface area contributed by atoms with Crippen LogP contribution in [0.25, 0.3) is 0 Å². The number of allylic oxidation sites excluding steroid dienone is 2. The highest BCUT2D eigenvalue weighted by Gasteiger charge is 2.59. The summed E-state index contributed by atoms with van der Waals surface area (Å²) < 4.78 is 7.20. The van der Waals surface area contributed by atoms with Crippen LogP contribution in [-0.2, 0) is 15.6 Å². The smallest absolute Gasteiger partial charge is 0.220 e. The Labute approximate surface area is 279 Å². The van der Waals surface area contributed by atoms with Gasteiger partial charge >= 0.3 is 0 Å². The Bertz CT molecular complexity index is 1120. The summed E-state index contributed by atoms with van der Waals surface area (Å²) in [5.74, 6) is 2.47. The molecule has 3 nitrogen and oxygen atoms in total. The fourth-order valence-electron chi connectivity index (χ4n) is 10.2. The molecular formula is C41H68NO2Si. The minimum atomic E-state index is -0.920. The van der Waals surface area contributed by atoms with Crippen molar-refractivity contribution in [2.24, 2.45) is 28.6 Å². The second-order valence-corrected chi connectivity index (χ2v) is 20.9. The maximum atomic E-state index is 12.7. The lowest BCUT2D eigenvalue weighted by Crippen LogP contribution is -2.58. The van der Waals surface area contributed by atoms with E-state index in [2.05, 4.69) is 98.0 Å². The molecule has 1 aromatic carbocycles. The van der Waals surface area contributed by atoms with Crippen LogP contribution in [-0.4, -0.2) is 27.6 Å². The number of nitrogens with one attached hydrogen (secondary N) is 1. The number of benzene rings is 1. The van der Waals surface area contributed by atoms with E-state index in [9.17, 15) is 4.79 Å². The van der Waals surface area contributed by atoms with Gasteiger partial charge in [0.2, 0.25) is 14.9 Å². The Hall–Kier alpha value is -1.39. The van der Waals surface area contributed by atoms with Gasteiger partial charge in [-0.15, -0.1) is 0 Å². The van der Waals surface area contributed by atoms with Crippen LogP contribution >= 0.6 is 0 Å². The number of carbonyl (C=O) groups excluding carboxylic acids is 1. The Morgan fingerprint density at radius 2 is 1.67 bits per heavy atom. The van der Waals surface area contributed by atoms with E-state index in [0.717, 1.165) is 50.0 Å². The molecule has 1 aromatic rings. The Balaban J connectivity index is 1.24. The number of amides is 1. The van der Waals surface area contributed by atoms with E-state index in [4.69, 9.17) is 4.43 Å². The van der Waals surface area contributed by atoms with Gasteiger partial charge in [-0.2, -0.15) is 0 Å². The van der Waals surface area contributed by atoms with Crippen LogP contribution in [0.3, 0.4) is 0 Å². The van der Waals surface area contributed by atoms with Crippen molar-refractivity contribution < 1.29 is 9.22 Å². The molecule has 5 atom stereocenters. The molecular weight excluding hydrogens is 567 g/mol. The van der Waals surface area contributed by atoms with Crippen molar-refractivity contribution >= 4 is 14.9 Å². The number of aryl methyl sites for hydroxylation is 1. The number of carbonyl (C=O) groups is 1. The van der Waals surface area contributed by atoms with Crippen LogP contribution in [0.1, 0.15) is 151 Å². The van der Waals surface area contributed by atoms with Crippen molar-refractivity contribution in [3.05, 3.63) is 47.0 Å². The van der Waals surface area contributed by atoms with Gasteiger partial charge in [0, 0.05) is 13.0 Å². The van der Waals surface area contributed by atoms with Gasteiger partial charge in [0.1, 0.15) is 0 Å². The quantitative estimate of drug-likeness (QED) is 0.126. The SMILES string of the molecule is CC1=C(CCCC(=O)NCCCCCCc2ccccc2)C2CCC3C(C)(C)[C@@H](O[Si](C(C)C)C(C)(C)C)CC[C@]3(C)[C@H]2CC1. The van der Waals surface area contributed by atoms with Gasteiger partial charge in [0.15, 0.2) is 0 Å². The predicted molar refractivity (Wildman–Crippen MR) is 194 cm³/mol. The Kier molecular flexibility index (Phi) is 12.7. The molecule has 0 saturated heterocycles. The van der Waals surface area contributed by atoms with Gasteiger partial charge in [0.05, 0.1) is 6.10 Å². The Morgan fingerprint density at radius 1 is 0.956 bits per heavy atom. The van der Waals surface area contributed by atoms with Crippen molar-refractivity contribution in [3.63, 3.8) is 0 Å². The van der Waals surface area contributed by atoms with E-state index in [1.807, 2.05) is 0 Å². The fourth-order valence-corrected chi connectivity index (χ4v) is 13.2. The molecule has 0 aliphatic heterocycles. The molecule has 45 heavy (non-hydrogen) atoms. The highest BCUT2D eigenvalue weighted by molar-refractivity contribution is 6.56. The number of rotatable bonds is 14. The zero-order valence-corrected chi connectivity index (χ0v) is 31.7. The zero-order valence-electron chi connectivity index (χ0n) is 30.7. The molecule has 2 unspecified atom stereocenters. The summed E-state index contributed by atoms with van der Waals surface area (Å²) >= 11 is 0. The number of unbranched alkanes of at least 4 members (excludes halogenated alkanes) is 3. The van der Waals surface area contributed by atoms with Gasteiger partial charge in [-0.1, -0.05) is 110 Å². The minimum absolute atomic E-state index is 0.213. The molecule has 0 bridgehead atoms. The van der Waals surface area contributed by atoms with E-state index < -0.39 is 9.04 Å². The van der Waals surface area contributed by atoms with Crippen molar-refractivity contribution in [1.29, 1.82) is 0 Å². The molecule has 2 fully saturated rings. The first-order valence-electron chi connectivity index (χ1n) is 18.8. The minimum Gasteiger partial charge on any atom is -0.412 e. The van der Waals surface area contributed by atoms with Crippen molar-refractivity contribution in [3.8, 4) is 0 Å². The third kappa shape index (κ3) is 8.95. The molecule has 0 spiro atoms. The van der Waals surface area contributed by atoms with Crippen LogP contribution in [0.5, 0.6) is 0 Å². The highest BCUT2D eigenvalue weighted by Crippen LogP contribution is 2.65. The van der Waals surface area contributed by atoms with Crippen LogP contribution in [0, 0.1) is 28.6 Å². The molecule has 0 aromatic heterocycles. The van der Waals surface area contributed by atoms with E-state index in [-0.39, 0.29) is 16.4 Å². The average molecular weight is 635 g/mol. The molecule has 1 radical (unpaired) electrons. The molecule has 3 aliphatic carbocycles. The maximum absolute atomic E-state index is 12.7. The molecule has 4 heteroatoms. The lowest BCUT2D eigenvalue weighted by molar-refractivity contribution is -0.144. The number of fused-ring (bicyclic) bond motifs is 3. The van der Waals surface area contributed by atoms with E-state index in [1.165, 1.54) is 63.4 Å². The van der Waals surface area contributed by atoms with Crippen LogP contribution < -0.4 is 5.32 Å². The summed E-state index contributed by atoms with van der Waals surface area (Å²) in [5.41, 5.74) is 6.03. The first-order chi connectivity index (χ1) is 21.2. The molecule has 253 valence electrons. The van der Waals surface area contributed by atoms with Gasteiger partial charge in [-0.3, -0.25) is 4.79 Å². The van der Waals surface area contributed by atoms with Gasteiger partial charge in [-0.05, 0) is 122 Å². The summed E-state index contributed by atoms with van der Waals surface area (Å²) in [6, 6.07) is 10.8. The van der Waals surface area contributed by atoms with Crippen molar-refractivity contribution in [2.45, 2.75) is 169 Å². The summed E-state index contributed by atoms with van der Waals surface area (Å²) in [6.45, 7) is 22.9. The fraction of sp³-hybridized carbons (Fsp3) is 0.780. The van der Waals surface area contributed by atoms with Crippen molar-refractivity contribution in [2.75, 3.05) is 6.54 Å². The van der Waals surface area contributed by atoms with Crippen LogP contribution in [0.15, 0.2) is 41.5 Å². The topological polar surface area (TPSA) is 38.3 Å². The third-order valence-electron chi connectivity index (χ3n) is 12.3.